The lowest BCUT2D eigenvalue weighted by Gasteiger charge is -2.23. The number of hydrogen-bond donors (Lipinski definition) is 0. The smallest absolute Gasteiger partial charge is 0.321 e. The molecule has 0 N–H and O–H groups in total. The van der Waals surface area contributed by atoms with Gasteiger partial charge in [0.05, 0.1) is 0 Å². The minimum Gasteiger partial charge on any atom is -0.460 e. The Hall–Kier alpha value is -4.58. The maximum absolute atomic E-state index is 13.7. The van der Waals surface area contributed by atoms with Crippen molar-refractivity contribution in [3.8, 4) is 0 Å². The van der Waals surface area contributed by atoms with Gasteiger partial charge in [0.2, 0.25) is 0 Å². The maximum Gasteiger partial charge on any atom is 0.321 e. The van der Waals surface area contributed by atoms with Gasteiger partial charge in [0, 0.05) is 5.92 Å². The molecule has 0 heterocycles. The van der Waals surface area contributed by atoms with Crippen molar-refractivity contribution in [3.05, 3.63) is 149 Å². The summed E-state index contributed by atoms with van der Waals surface area (Å²) >= 11 is 0. The van der Waals surface area contributed by atoms with E-state index in [0.717, 1.165) is 11.1 Å². The summed E-state index contributed by atoms with van der Waals surface area (Å²) < 4.78 is 38.3. The summed E-state index contributed by atoms with van der Waals surface area (Å²) in [6.45, 7) is -0.0556. The summed E-state index contributed by atoms with van der Waals surface area (Å²) in [5, 5.41) is 0. The molecular formula is C32H26F2O4. The average molecular weight is 513 g/mol. The Bertz CT molecular complexity index is 1300. The molecule has 1 unspecified atom stereocenters. The second kappa shape index (κ2) is 13.1. The fourth-order valence-corrected chi connectivity index (χ4v) is 3.91. The topological polar surface area (TPSA) is 52.6 Å². The third kappa shape index (κ3) is 7.46. The first-order valence-electron chi connectivity index (χ1n) is 12.1. The zero-order valence-electron chi connectivity index (χ0n) is 20.5. The van der Waals surface area contributed by atoms with Gasteiger partial charge in [0.25, 0.3) is 0 Å². The van der Waals surface area contributed by atoms with Gasteiger partial charge in [-0.2, -0.15) is 0 Å². The van der Waals surface area contributed by atoms with Gasteiger partial charge < -0.3 is 9.47 Å². The van der Waals surface area contributed by atoms with Gasteiger partial charge in [-0.1, -0.05) is 97.1 Å². The molecule has 0 spiro atoms. The highest BCUT2D eigenvalue weighted by Gasteiger charge is 2.37. The summed E-state index contributed by atoms with van der Waals surface area (Å²) in [4.78, 5) is 26.9. The molecule has 6 heteroatoms. The van der Waals surface area contributed by atoms with E-state index in [0.29, 0.717) is 11.1 Å². The van der Waals surface area contributed by atoms with Crippen molar-refractivity contribution in [1.29, 1.82) is 0 Å². The van der Waals surface area contributed by atoms with Crippen LogP contribution >= 0.6 is 0 Å². The van der Waals surface area contributed by atoms with Crippen molar-refractivity contribution < 1.29 is 27.8 Å². The largest absolute Gasteiger partial charge is 0.460 e. The monoisotopic (exact) mass is 512 g/mol. The molecule has 192 valence electrons. The van der Waals surface area contributed by atoms with Crippen molar-refractivity contribution in [3.63, 3.8) is 0 Å². The van der Waals surface area contributed by atoms with Crippen LogP contribution in [-0.4, -0.2) is 11.9 Å². The molecule has 1 atom stereocenters. The van der Waals surface area contributed by atoms with Gasteiger partial charge in [0.15, 0.2) is 5.92 Å². The molecular weight excluding hydrogens is 486 g/mol. The molecule has 4 aromatic carbocycles. The highest BCUT2D eigenvalue weighted by molar-refractivity contribution is 5.96. The van der Waals surface area contributed by atoms with Crippen molar-refractivity contribution in [2.24, 2.45) is 5.92 Å². The predicted octanol–water partition coefficient (Wildman–Crippen LogP) is 6.86. The highest BCUT2D eigenvalue weighted by atomic mass is 19.1. The van der Waals surface area contributed by atoms with E-state index in [9.17, 15) is 18.4 Å². The van der Waals surface area contributed by atoms with Crippen LogP contribution in [0, 0.1) is 17.6 Å². The van der Waals surface area contributed by atoms with E-state index in [1.807, 2.05) is 60.7 Å². The molecule has 0 aliphatic carbocycles. The molecule has 4 rings (SSSR count). The van der Waals surface area contributed by atoms with E-state index in [1.165, 1.54) is 36.4 Å². The van der Waals surface area contributed by atoms with E-state index < -0.39 is 29.6 Å². The minimum absolute atomic E-state index is 0.0278. The van der Waals surface area contributed by atoms with E-state index >= 15 is 0 Å². The predicted molar refractivity (Wildman–Crippen MR) is 141 cm³/mol. The molecule has 0 radical (unpaired) electrons. The zero-order chi connectivity index (χ0) is 26.7. The van der Waals surface area contributed by atoms with Crippen molar-refractivity contribution in [1.82, 2.24) is 0 Å². The van der Waals surface area contributed by atoms with Crippen LogP contribution in [0.15, 0.2) is 115 Å². The minimum atomic E-state index is -1.37. The van der Waals surface area contributed by atoms with Gasteiger partial charge >= 0.3 is 11.9 Å². The number of halogens is 2. The van der Waals surface area contributed by atoms with Crippen LogP contribution in [-0.2, 0) is 32.3 Å². The molecule has 0 amide bonds. The van der Waals surface area contributed by atoms with E-state index in [2.05, 4.69) is 0 Å². The molecule has 0 aliphatic heterocycles. The van der Waals surface area contributed by atoms with Crippen LogP contribution in [0.2, 0.25) is 0 Å². The first-order chi connectivity index (χ1) is 18.5. The number of rotatable bonds is 10. The molecule has 0 saturated heterocycles. The fourth-order valence-electron chi connectivity index (χ4n) is 3.91. The zero-order valence-corrected chi connectivity index (χ0v) is 20.5. The lowest BCUT2D eigenvalue weighted by molar-refractivity contribution is -0.164. The van der Waals surface area contributed by atoms with Gasteiger partial charge in [-0.15, -0.1) is 0 Å². The molecule has 38 heavy (non-hydrogen) atoms. The molecule has 0 aliphatic rings. The van der Waals surface area contributed by atoms with Crippen LogP contribution in [0.25, 0.3) is 6.08 Å². The Balaban J connectivity index is 1.66. The number of hydrogen-bond acceptors (Lipinski definition) is 4. The second-order valence-corrected chi connectivity index (χ2v) is 8.65. The first-order valence-corrected chi connectivity index (χ1v) is 12.1. The number of benzene rings is 4. The van der Waals surface area contributed by atoms with Crippen LogP contribution < -0.4 is 0 Å². The Kier molecular flexibility index (Phi) is 9.13. The van der Waals surface area contributed by atoms with E-state index in [-0.39, 0.29) is 19.0 Å². The number of esters is 2. The third-order valence-electron chi connectivity index (χ3n) is 5.94. The molecule has 4 aromatic rings. The fraction of sp³-hybridized carbons (Fsp3) is 0.125. The summed E-state index contributed by atoms with van der Waals surface area (Å²) in [7, 11) is 0. The molecule has 0 aromatic heterocycles. The number of carbonyl (C=O) groups excluding carboxylic acids is 2. The molecule has 4 nitrogen and oxygen atoms in total. The van der Waals surface area contributed by atoms with Crippen LogP contribution in [0.1, 0.15) is 28.2 Å². The van der Waals surface area contributed by atoms with Crippen molar-refractivity contribution in [2.75, 3.05) is 0 Å². The quantitative estimate of drug-likeness (QED) is 0.172. The lowest BCUT2D eigenvalue weighted by atomic mass is 9.85. The second-order valence-electron chi connectivity index (χ2n) is 8.65. The van der Waals surface area contributed by atoms with Gasteiger partial charge in [-0.3, -0.25) is 9.59 Å². The van der Waals surface area contributed by atoms with Gasteiger partial charge in [-0.25, -0.2) is 8.78 Å². The Morgan fingerprint density at radius 1 is 0.632 bits per heavy atom. The molecule has 0 fully saturated rings. The Morgan fingerprint density at radius 2 is 1.08 bits per heavy atom. The molecule has 0 saturated carbocycles. The van der Waals surface area contributed by atoms with E-state index in [1.54, 1.807) is 24.3 Å². The normalized spacial score (nSPS) is 11.9. The summed E-state index contributed by atoms with van der Waals surface area (Å²) in [5.41, 5.74) is 2.70. The van der Waals surface area contributed by atoms with E-state index in [4.69, 9.17) is 9.47 Å². The number of ether oxygens (including phenoxy) is 2. The third-order valence-corrected chi connectivity index (χ3v) is 5.94. The number of allylic oxidation sites excluding steroid dienone is 1. The Labute approximate surface area is 220 Å². The molecule has 0 bridgehead atoms. The standard InChI is InChI=1S/C32H26F2O4/c33-27-16-11-23(12-17-27)13-20-29(26-14-18-28(34)19-15-26)30(31(35)37-21-24-7-3-1-4-8-24)32(36)38-22-25-9-5-2-6-10-25/h1-20,29-30H,21-22H2/b20-13+. The van der Waals surface area contributed by atoms with Crippen molar-refractivity contribution in [2.45, 2.75) is 19.1 Å². The maximum atomic E-state index is 13.7. The summed E-state index contributed by atoms with van der Waals surface area (Å²) in [6, 6.07) is 29.5. The summed E-state index contributed by atoms with van der Waals surface area (Å²) in [5.74, 6) is -4.60. The summed E-state index contributed by atoms with van der Waals surface area (Å²) in [6.07, 6.45) is 3.33. The van der Waals surface area contributed by atoms with Crippen LogP contribution in [0.5, 0.6) is 0 Å². The lowest BCUT2D eigenvalue weighted by Crippen LogP contribution is -2.32. The van der Waals surface area contributed by atoms with Gasteiger partial charge in [0.1, 0.15) is 24.8 Å². The Morgan fingerprint density at radius 3 is 1.55 bits per heavy atom. The average Bonchev–Trinajstić information content (AvgIpc) is 2.95. The van der Waals surface area contributed by atoms with Crippen molar-refractivity contribution >= 4 is 18.0 Å². The highest BCUT2D eigenvalue weighted by Crippen LogP contribution is 2.31. The number of carbonyl (C=O) groups is 2. The van der Waals surface area contributed by atoms with Crippen LogP contribution in [0.3, 0.4) is 0 Å². The first kappa shape index (κ1) is 26.5. The van der Waals surface area contributed by atoms with Crippen LogP contribution in [0.4, 0.5) is 8.78 Å². The SMILES string of the molecule is O=C(OCc1ccccc1)C(C(=O)OCc1ccccc1)C(/C=C/c1ccc(F)cc1)c1ccc(F)cc1. The van der Waals surface area contributed by atoms with Gasteiger partial charge in [-0.05, 0) is 46.5 Å².